The van der Waals surface area contributed by atoms with E-state index in [0.717, 1.165) is 57.8 Å². The fourth-order valence-electron chi connectivity index (χ4n) is 7.48. The first-order valence-corrected chi connectivity index (χ1v) is 27.5. The van der Waals surface area contributed by atoms with Crippen molar-refractivity contribution in [1.29, 1.82) is 0 Å². The van der Waals surface area contributed by atoms with E-state index in [1.54, 1.807) is 0 Å². The molecule has 0 aliphatic rings. The molecule has 0 rings (SSSR count). The van der Waals surface area contributed by atoms with Crippen molar-refractivity contribution in [2.45, 2.75) is 258 Å². The molecule has 0 spiro atoms. The lowest BCUT2D eigenvalue weighted by molar-refractivity contribution is -0.154. The molecule has 0 aliphatic heterocycles. The molecule has 0 fully saturated rings. The van der Waals surface area contributed by atoms with Gasteiger partial charge in [0.25, 0.3) is 0 Å². The number of carbonyl (C=O) groups excluding carboxylic acids is 1. The van der Waals surface area contributed by atoms with E-state index in [0.29, 0.717) is 13.0 Å². The van der Waals surface area contributed by atoms with E-state index in [-0.39, 0.29) is 32.3 Å². The smallest absolute Gasteiger partial charge is 0.457 e. The number of phosphoric acid groups is 1. The van der Waals surface area contributed by atoms with Crippen LogP contribution in [0, 0.1) is 0 Å². The van der Waals surface area contributed by atoms with Gasteiger partial charge in [-0.15, -0.1) is 0 Å². The number of allylic oxidation sites excluding steroid dienone is 6. The Morgan fingerprint density at radius 2 is 0.869 bits per heavy atom. The van der Waals surface area contributed by atoms with Crippen LogP contribution in [0.2, 0.25) is 0 Å². The van der Waals surface area contributed by atoms with Gasteiger partial charge in [-0.2, -0.15) is 0 Å². The fraction of sp³-hybridized carbons (Fsp3) is 0.865. The van der Waals surface area contributed by atoms with Gasteiger partial charge in [-0.1, -0.05) is 230 Å². The third kappa shape index (κ3) is 49.6. The molecule has 0 aromatic carbocycles. The Hall–Kier alpha value is -1.28. The van der Waals surface area contributed by atoms with Crippen LogP contribution >= 0.6 is 7.82 Å². The molecule has 0 saturated carbocycles. The maximum atomic E-state index is 12.7. The molecule has 8 nitrogen and oxygen atoms in total. The molecule has 9 heteroatoms. The first-order valence-electron chi connectivity index (χ1n) is 26.0. The molecule has 360 valence electrons. The van der Waals surface area contributed by atoms with Crippen molar-refractivity contribution in [3.8, 4) is 0 Å². The normalized spacial score (nSPS) is 13.6. The van der Waals surface area contributed by atoms with Crippen molar-refractivity contribution in [1.82, 2.24) is 0 Å². The van der Waals surface area contributed by atoms with Crippen LogP contribution in [0.5, 0.6) is 0 Å². The summed E-state index contributed by atoms with van der Waals surface area (Å²) < 4.78 is 33.6. The Morgan fingerprint density at radius 3 is 1.30 bits per heavy atom. The Kier molecular flexibility index (Phi) is 48.7. The van der Waals surface area contributed by atoms with Crippen molar-refractivity contribution in [2.24, 2.45) is 5.73 Å². The van der Waals surface area contributed by atoms with Gasteiger partial charge in [0.15, 0.2) is 0 Å². The molecule has 0 aromatic heterocycles. The Labute approximate surface area is 378 Å². The first kappa shape index (κ1) is 59.7. The quantitative estimate of drug-likeness (QED) is 0.0268. The second-order valence-corrected chi connectivity index (χ2v) is 18.8. The number of unbranched alkanes of at least 4 members (excludes halogenated alkanes) is 31. The minimum absolute atomic E-state index is 0.0971. The Morgan fingerprint density at radius 1 is 0.492 bits per heavy atom. The number of rotatable bonds is 50. The highest BCUT2D eigenvalue weighted by atomic mass is 31.2. The molecule has 2 atom stereocenters. The van der Waals surface area contributed by atoms with Crippen molar-refractivity contribution in [3.05, 3.63) is 36.5 Å². The van der Waals surface area contributed by atoms with Crippen molar-refractivity contribution >= 4 is 13.8 Å². The van der Waals surface area contributed by atoms with Crippen LogP contribution < -0.4 is 5.73 Å². The Bertz CT molecular complexity index is 1040. The minimum Gasteiger partial charge on any atom is -0.457 e. The molecule has 0 heterocycles. The summed E-state index contributed by atoms with van der Waals surface area (Å²) in [4.78, 5) is 22.6. The number of esters is 1. The molecule has 0 bridgehead atoms. The van der Waals surface area contributed by atoms with E-state index < -0.39 is 13.9 Å². The zero-order valence-electron chi connectivity index (χ0n) is 40.2. The number of ether oxygens (including phenoxy) is 2. The molecule has 3 N–H and O–H groups in total. The lowest BCUT2D eigenvalue weighted by atomic mass is 10.0. The molecule has 0 radical (unpaired) electrons. The molecule has 0 aliphatic carbocycles. The van der Waals surface area contributed by atoms with Gasteiger partial charge < -0.3 is 20.1 Å². The summed E-state index contributed by atoms with van der Waals surface area (Å²) in [6.45, 7) is 4.94. The zero-order chi connectivity index (χ0) is 44.4. The SMILES string of the molecule is CCCCCCC/C=C\C/C=C\C/C=C\CCCCCCCCC(=O)OC(COCCCCCCCCCCCCCCCCCCCCCCC)COP(=O)(O)OCCN. The highest BCUT2D eigenvalue weighted by molar-refractivity contribution is 7.47. The van der Waals surface area contributed by atoms with Gasteiger partial charge in [-0.3, -0.25) is 13.8 Å². The van der Waals surface area contributed by atoms with Crippen LogP contribution in [0.3, 0.4) is 0 Å². The second-order valence-electron chi connectivity index (χ2n) is 17.4. The number of hydrogen-bond donors (Lipinski definition) is 2. The second kappa shape index (κ2) is 49.7. The molecule has 0 aromatic rings. The topological polar surface area (TPSA) is 117 Å². The minimum atomic E-state index is -4.28. The van der Waals surface area contributed by atoms with E-state index in [1.807, 2.05) is 0 Å². The van der Waals surface area contributed by atoms with Gasteiger partial charge in [0, 0.05) is 19.6 Å². The van der Waals surface area contributed by atoms with E-state index in [4.69, 9.17) is 24.3 Å². The Balaban J connectivity index is 3.95. The summed E-state index contributed by atoms with van der Waals surface area (Å²) in [5, 5.41) is 0. The highest BCUT2D eigenvalue weighted by Crippen LogP contribution is 2.43. The molecular formula is C52H100NO7P. The predicted octanol–water partition coefficient (Wildman–Crippen LogP) is 16.1. The monoisotopic (exact) mass is 882 g/mol. The lowest BCUT2D eigenvalue weighted by Gasteiger charge is -2.20. The van der Waals surface area contributed by atoms with Gasteiger partial charge in [0.1, 0.15) is 6.10 Å². The van der Waals surface area contributed by atoms with Gasteiger partial charge >= 0.3 is 13.8 Å². The standard InChI is InChI=1S/C52H100NO7P/c1-3-5-7-9-11-13-15-17-19-21-23-25-27-29-31-33-35-37-39-41-43-45-52(54)60-51(50-59-61(55,56)58-48-46-53)49-57-47-44-42-40-38-36-34-32-30-28-26-24-22-20-18-16-14-12-10-8-6-4-2/h15,17,21,23,27,29,51H,3-14,16,18-20,22,24-26,28,30-50,53H2,1-2H3,(H,55,56)/b17-15-,23-21-,29-27-. The molecular weight excluding hydrogens is 782 g/mol. The van der Waals surface area contributed by atoms with E-state index in [9.17, 15) is 14.3 Å². The molecule has 0 saturated heterocycles. The lowest BCUT2D eigenvalue weighted by Crippen LogP contribution is -2.28. The fourth-order valence-corrected chi connectivity index (χ4v) is 8.24. The zero-order valence-corrected chi connectivity index (χ0v) is 41.1. The van der Waals surface area contributed by atoms with E-state index >= 15 is 0 Å². The predicted molar refractivity (Wildman–Crippen MR) is 261 cm³/mol. The summed E-state index contributed by atoms with van der Waals surface area (Å²) in [5.74, 6) is -0.338. The summed E-state index contributed by atoms with van der Waals surface area (Å²) in [7, 11) is -4.28. The van der Waals surface area contributed by atoms with E-state index in [2.05, 4.69) is 50.3 Å². The first-order chi connectivity index (χ1) is 29.9. The number of phosphoric ester groups is 1. The number of carbonyl (C=O) groups is 1. The van der Waals surface area contributed by atoms with Crippen LogP contribution in [-0.2, 0) is 27.9 Å². The third-order valence-corrected chi connectivity index (χ3v) is 12.3. The van der Waals surface area contributed by atoms with Gasteiger partial charge in [0.05, 0.1) is 19.8 Å². The number of nitrogens with two attached hydrogens (primary N) is 1. The van der Waals surface area contributed by atoms with Crippen molar-refractivity contribution in [3.63, 3.8) is 0 Å². The third-order valence-electron chi connectivity index (χ3n) is 11.3. The summed E-state index contributed by atoms with van der Waals surface area (Å²) >= 11 is 0. The largest absolute Gasteiger partial charge is 0.472 e. The maximum absolute atomic E-state index is 12.7. The maximum Gasteiger partial charge on any atom is 0.472 e. The van der Waals surface area contributed by atoms with Crippen LogP contribution in [0.4, 0.5) is 0 Å². The highest BCUT2D eigenvalue weighted by Gasteiger charge is 2.25. The molecule has 61 heavy (non-hydrogen) atoms. The van der Waals surface area contributed by atoms with Crippen LogP contribution in [0.15, 0.2) is 36.5 Å². The average Bonchev–Trinajstić information content (AvgIpc) is 3.25. The van der Waals surface area contributed by atoms with Gasteiger partial charge in [-0.25, -0.2) is 4.57 Å². The summed E-state index contributed by atoms with van der Waals surface area (Å²) in [5.41, 5.74) is 5.39. The molecule has 2 unspecified atom stereocenters. The van der Waals surface area contributed by atoms with Crippen LogP contribution in [0.25, 0.3) is 0 Å². The van der Waals surface area contributed by atoms with E-state index in [1.165, 1.54) is 173 Å². The van der Waals surface area contributed by atoms with Gasteiger partial charge in [0.2, 0.25) is 0 Å². The van der Waals surface area contributed by atoms with Crippen molar-refractivity contribution in [2.75, 3.05) is 33.0 Å². The van der Waals surface area contributed by atoms with Crippen molar-refractivity contribution < 1.29 is 32.8 Å². The average molecular weight is 882 g/mol. The van der Waals surface area contributed by atoms with Crippen LogP contribution in [-0.4, -0.2) is 49.9 Å². The summed E-state index contributed by atoms with van der Waals surface area (Å²) in [6, 6.07) is 0. The molecule has 0 amide bonds. The summed E-state index contributed by atoms with van der Waals surface area (Å²) in [6.07, 6.45) is 58.9. The van der Waals surface area contributed by atoms with Gasteiger partial charge in [-0.05, 0) is 51.4 Å². The van der Waals surface area contributed by atoms with Crippen LogP contribution in [0.1, 0.15) is 251 Å². The number of hydrogen-bond acceptors (Lipinski definition) is 7.